The third-order valence-electron chi connectivity index (χ3n) is 2.48. The molecule has 0 saturated heterocycles. The zero-order chi connectivity index (χ0) is 10.7. The van der Waals surface area contributed by atoms with Gasteiger partial charge in [-0.2, -0.15) is 0 Å². The monoisotopic (exact) mass is 204 g/mol. The number of rotatable bonds is 4. The van der Waals surface area contributed by atoms with Gasteiger partial charge in [0.25, 0.3) is 0 Å². The van der Waals surface area contributed by atoms with Crippen LogP contribution in [0.1, 0.15) is 13.3 Å². The molecule has 3 nitrogen and oxygen atoms in total. The van der Waals surface area contributed by atoms with Crippen LogP contribution in [0.25, 0.3) is 10.9 Å². The van der Waals surface area contributed by atoms with Crippen LogP contribution >= 0.6 is 0 Å². The van der Waals surface area contributed by atoms with Gasteiger partial charge in [-0.15, -0.1) is 0 Å². The standard InChI is InChI=1S/C12H16N2O/c1-3-8-14(15-2)12-9-13-11-7-5-4-6-10(11)12/h4-7,9,13H,3,8H2,1-2H3. The molecule has 0 atom stereocenters. The number of fused-ring (bicyclic) bond motifs is 1. The van der Waals surface area contributed by atoms with Gasteiger partial charge in [-0.25, -0.2) is 0 Å². The molecule has 2 aromatic rings. The number of benzene rings is 1. The Balaban J connectivity index is 2.41. The Morgan fingerprint density at radius 1 is 1.33 bits per heavy atom. The Bertz CT molecular complexity index is 436. The first-order valence-corrected chi connectivity index (χ1v) is 5.24. The summed E-state index contributed by atoms with van der Waals surface area (Å²) in [6.45, 7) is 3.04. The van der Waals surface area contributed by atoms with Gasteiger partial charge in [-0.3, -0.25) is 9.90 Å². The number of H-pyrrole nitrogens is 1. The average molecular weight is 204 g/mol. The number of hydrogen-bond acceptors (Lipinski definition) is 2. The molecule has 0 radical (unpaired) electrons. The third-order valence-corrected chi connectivity index (χ3v) is 2.48. The molecule has 0 amide bonds. The first-order chi connectivity index (χ1) is 7.36. The zero-order valence-electron chi connectivity index (χ0n) is 9.16. The summed E-state index contributed by atoms with van der Waals surface area (Å²) in [6, 6.07) is 8.24. The second-order valence-electron chi connectivity index (χ2n) is 3.50. The third kappa shape index (κ3) is 1.83. The lowest BCUT2D eigenvalue weighted by molar-refractivity contribution is 0.167. The molecule has 1 aromatic carbocycles. The molecule has 80 valence electrons. The molecule has 0 aliphatic rings. The van der Waals surface area contributed by atoms with Crippen molar-refractivity contribution in [3.8, 4) is 0 Å². The highest BCUT2D eigenvalue weighted by atomic mass is 16.7. The molecule has 0 fully saturated rings. The van der Waals surface area contributed by atoms with E-state index in [4.69, 9.17) is 4.84 Å². The van der Waals surface area contributed by atoms with E-state index in [1.54, 1.807) is 7.11 Å². The largest absolute Gasteiger partial charge is 0.359 e. The van der Waals surface area contributed by atoms with Crippen LogP contribution < -0.4 is 5.06 Å². The van der Waals surface area contributed by atoms with E-state index < -0.39 is 0 Å². The van der Waals surface area contributed by atoms with Gasteiger partial charge in [0, 0.05) is 23.6 Å². The molecule has 2 rings (SSSR count). The molecule has 0 bridgehead atoms. The predicted molar refractivity (Wildman–Crippen MR) is 62.9 cm³/mol. The van der Waals surface area contributed by atoms with E-state index in [9.17, 15) is 0 Å². The maximum atomic E-state index is 5.36. The molecule has 0 saturated carbocycles. The molecule has 0 spiro atoms. The smallest absolute Gasteiger partial charge is 0.0889 e. The Morgan fingerprint density at radius 2 is 2.13 bits per heavy atom. The molecule has 3 heteroatoms. The topological polar surface area (TPSA) is 28.3 Å². The number of hydrogen-bond donors (Lipinski definition) is 1. The van der Waals surface area contributed by atoms with Crippen LogP contribution in [-0.4, -0.2) is 18.6 Å². The highest BCUT2D eigenvalue weighted by Gasteiger charge is 2.09. The van der Waals surface area contributed by atoms with E-state index >= 15 is 0 Å². The van der Waals surface area contributed by atoms with Crippen LogP contribution in [-0.2, 0) is 4.84 Å². The van der Waals surface area contributed by atoms with E-state index in [0.29, 0.717) is 0 Å². The van der Waals surface area contributed by atoms with Gasteiger partial charge >= 0.3 is 0 Å². The SMILES string of the molecule is CCCN(OC)c1c[nH]c2ccccc12. The van der Waals surface area contributed by atoms with Crippen LogP contribution in [0.4, 0.5) is 5.69 Å². The average Bonchev–Trinajstić information content (AvgIpc) is 2.70. The van der Waals surface area contributed by atoms with Crippen LogP contribution in [0.5, 0.6) is 0 Å². The Hall–Kier alpha value is -1.48. The molecule has 1 N–H and O–H groups in total. The molecular weight excluding hydrogens is 188 g/mol. The fourth-order valence-corrected chi connectivity index (χ4v) is 1.78. The summed E-state index contributed by atoms with van der Waals surface area (Å²) in [5.41, 5.74) is 2.25. The summed E-state index contributed by atoms with van der Waals surface area (Å²) in [5.74, 6) is 0. The minimum Gasteiger partial charge on any atom is -0.359 e. The number of aromatic nitrogens is 1. The normalized spacial score (nSPS) is 10.8. The number of para-hydroxylation sites is 1. The summed E-state index contributed by atoms with van der Waals surface area (Å²) in [7, 11) is 1.71. The second-order valence-corrected chi connectivity index (χ2v) is 3.50. The van der Waals surface area contributed by atoms with Crippen molar-refractivity contribution in [3.05, 3.63) is 30.5 Å². The zero-order valence-corrected chi connectivity index (χ0v) is 9.16. The van der Waals surface area contributed by atoms with Crippen LogP contribution in [0, 0.1) is 0 Å². The molecule has 1 aromatic heterocycles. The van der Waals surface area contributed by atoms with Gasteiger partial charge in [0.05, 0.1) is 12.8 Å². The van der Waals surface area contributed by atoms with E-state index in [-0.39, 0.29) is 0 Å². The molecule has 0 aliphatic carbocycles. The molecular formula is C12H16N2O. The molecule has 1 heterocycles. The second kappa shape index (κ2) is 4.36. The van der Waals surface area contributed by atoms with E-state index in [0.717, 1.165) is 24.2 Å². The van der Waals surface area contributed by atoms with Crippen molar-refractivity contribution in [1.29, 1.82) is 0 Å². The van der Waals surface area contributed by atoms with Gasteiger partial charge in [-0.05, 0) is 12.5 Å². The Morgan fingerprint density at radius 3 is 2.87 bits per heavy atom. The highest BCUT2D eigenvalue weighted by molar-refractivity contribution is 5.92. The molecule has 0 unspecified atom stereocenters. The summed E-state index contributed by atoms with van der Waals surface area (Å²) in [5, 5.41) is 3.12. The fraction of sp³-hybridized carbons (Fsp3) is 0.333. The minimum atomic E-state index is 0.901. The number of hydroxylamine groups is 1. The highest BCUT2D eigenvalue weighted by Crippen LogP contribution is 2.26. The summed E-state index contributed by atoms with van der Waals surface area (Å²) >= 11 is 0. The number of aromatic amines is 1. The Labute approximate surface area is 89.6 Å². The van der Waals surface area contributed by atoms with Crippen LogP contribution in [0.3, 0.4) is 0 Å². The van der Waals surface area contributed by atoms with Crippen molar-refractivity contribution in [2.45, 2.75) is 13.3 Å². The van der Waals surface area contributed by atoms with Gasteiger partial charge in [-0.1, -0.05) is 25.1 Å². The molecule has 15 heavy (non-hydrogen) atoms. The van der Waals surface area contributed by atoms with Crippen molar-refractivity contribution in [2.75, 3.05) is 18.7 Å². The minimum absolute atomic E-state index is 0.901. The van der Waals surface area contributed by atoms with Crippen LogP contribution in [0.2, 0.25) is 0 Å². The van der Waals surface area contributed by atoms with Crippen molar-refractivity contribution < 1.29 is 4.84 Å². The summed E-state index contributed by atoms with van der Waals surface area (Å²) in [4.78, 5) is 8.60. The summed E-state index contributed by atoms with van der Waals surface area (Å²) in [6.07, 6.45) is 3.05. The Kier molecular flexibility index (Phi) is 2.92. The maximum Gasteiger partial charge on any atom is 0.0889 e. The summed E-state index contributed by atoms with van der Waals surface area (Å²) < 4.78 is 0. The number of nitrogens with zero attached hydrogens (tertiary/aromatic N) is 1. The van der Waals surface area contributed by atoms with Crippen molar-refractivity contribution in [2.24, 2.45) is 0 Å². The molecule has 0 aliphatic heterocycles. The van der Waals surface area contributed by atoms with Crippen molar-refractivity contribution in [3.63, 3.8) is 0 Å². The van der Waals surface area contributed by atoms with Gasteiger partial charge in [0.1, 0.15) is 0 Å². The van der Waals surface area contributed by atoms with E-state index in [1.807, 2.05) is 23.4 Å². The fourth-order valence-electron chi connectivity index (χ4n) is 1.78. The first kappa shape index (κ1) is 10.1. The van der Waals surface area contributed by atoms with Crippen LogP contribution in [0.15, 0.2) is 30.5 Å². The lowest BCUT2D eigenvalue weighted by Crippen LogP contribution is -2.21. The lowest BCUT2D eigenvalue weighted by atomic mass is 10.2. The lowest BCUT2D eigenvalue weighted by Gasteiger charge is -2.19. The number of nitrogens with one attached hydrogen (secondary N) is 1. The first-order valence-electron chi connectivity index (χ1n) is 5.24. The maximum absolute atomic E-state index is 5.36. The number of anilines is 1. The predicted octanol–water partition coefficient (Wildman–Crippen LogP) is 2.95. The van der Waals surface area contributed by atoms with E-state index in [1.165, 1.54) is 5.39 Å². The van der Waals surface area contributed by atoms with Crippen molar-refractivity contribution >= 4 is 16.6 Å². The van der Waals surface area contributed by atoms with Gasteiger partial charge < -0.3 is 4.98 Å². The van der Waals surface area contributed by atoms with E-state index in [2.05, 4.69) is 24.0 Å². The quantitative estimate of drug-likeness (QED) is 0.775. The van der Waals surface area contributed by atoms with Gasteiger partial charge in [0.15, 0.2) is 0 Å². The van der Waals surface area contributed by atoms with Gasteiger partial charge in [0.2, 0.25) is 0 Å². The van der Waals surface area contributed by atoms with Crippen molar-refractivity contribution in [1.82, 2.24) is 4.98 Å².